The number of carbonyl (C=O) groups excluding carboxylic acids is 1. The first kappa shape index (κ1) is 25.9. The van der Waals surface area contributed by atoms with Crippen molar-refractivity contribution in [1.29, 1.82) is 0 Å². The van der Waals surface area contributed by atoms with Crippen LogP contribution in [0.1, 0.15) is 11.1 Å². The van der Waals surface area contributed by atoms with Crippen LogP contribution in [0.4, 0.5) is 31.0 Å². The Kier molecular flexibility index (Phi) is 8.09. The molecule has 0 spiro atoms. The molecule has 13 heteroatoms. The van der Waals surface area contributed by atoms with Gasteiger partial charge in [0.25, 0.3) is 0 Å². The molecule has 1 aromatic heterocycles. The summed E-state index contributed by atoms with van der Waals surface area (Å²) < 4.78 is 39.5. The fraction of sp³-hybridized carbons (Fsp3) is 0.565. The van der Waals surface area contributed by atoms with Gasteiger partial charge in [-0.1, -0.05) is 18.2 Å². The molecular formula is C23H32F3N9O. The lowest BCUT2D eigenvalue weighted by Gasteiger charge is -2.35. The Bertz CT molecular complexity index is 1040. The van der Waals surface area contributed by atoms with Gasteiger partial charge in [-0.05, 0) is 18.7 Å². The quantitative estimate of drug-likeness (QED) is 0.572. The normalized spacial score (nSPS) is 17.8. The molecule has 0 radical (unpaired) electrons. The first-order valence-electron chi connectivity index (χ1n) is 12.0. The second kappa shape index (κ2) is 11.2. The fourth-order valence-electron chi connectivity index (χ4n) is 4.26. The molecule has 2 aromatic rings. The van der Waals surface area contributed by atoms with E-state index in [0.717, 1.165) is 32.2 Å². The Morgan fingerprint density at radius 3 is 2.08 bits per heavy atom. The predicted octanol–water partition coefficient (Wildman–Crippen LogP) is 1.12. The van der Waals surface area contributed by atoms with Gasteiger partial charge in [-0.25, -0.2) is 0 Å². The Hall–Kier alpha value is -3.19. The van der Waals surface area contributed by atoms with Gasteiger partial charge in [0.05, 0.1) is 12.1 Å². The summed E-state index contributed by atoms with van der Waals surface area (Å²) in [4.78, 5) is 34.7. The van der Waals surface area contributed by atoms with Crippen LogP contribution in [-0.2, 0) is 17.5 Å². The van der Waals surface area contributed by atoms with Crippen LogP contribution in [0.25, 0.3) is 0 Å². The average molecular weight is 508 g/mol. The molecule has 0 bridgehead atoms. The number of hydrogen-bond donors (Lipinski definition) is 2. The predicted molar refractivity (Wildman–Crippen MR) is 131 cm³/mol. The number of alkyl halides is 3. The molecule has 3 heterocycles. The summed E-state index contributed by atoms with van der Waals surface area (Å²) in [6, 6.07) is 5.28. The van der Waals surface area contributed by atoms with E-state index < -0.39 is 11.7 Å². The smallest absolute Gasteiger partial charge is 0.357 e. The number of carbonyl (C=O) groups is 1. The van der Waals surface area contributed by atoms with Crippen LogP contribution in [0, 0.1) is 0 Å². The highest BCUT2D eigenvalue weighted by molar-refractivity contribution is 5.78. The average Bonchev–Trinajstić information content (AvgIpc) is 2.87. The largest absolute Gasteiger partial charge is 0.416 e. The molecule has 36 heavy (non-hydrogen) atoms. The number of halogens is 3. The van der Waals surface area contributed by atoms with Crippen molar-refractivity contribution < 1.29 is 18.0 Å². The van der Waals surface area contributed by atoms with Gasteiger partial charge in [0, 0.05) is 66.0 Å². The molecule has 2 aliphatic rings. The summed E-state index contributed by atoms with van der Waals surface area (Å²) in [5.74, 6) is 1.44. The zero-order valence-electron chi connectivity index (χ0n) is 20.6. The number of nitrogens with one attached hydrogen (secondary N) is 2. The molecule has 0 unspecified atom stereocenters. The molecule has 2 saturated heterocycles. The molecule has 1 amide bonds. The van der Waals surface area contributed by atoms with Gasteiger partial charge in [-0.2, -0.15) is 28.1 Å². The third kappa shape index (κ3) is 6.52. The van der Waals surface area contributed by atoms with Crippen molar-refractivity contribution >= 4 is 23.8 Å². The Morgan fingerprint density at radius 1 is 0.917 bits per heavy atom. The van der Waals surface area contributed by atoms with Crippen LogP contribution in [0.5, 0.6) is 0 Å². The summed E-state index contributed by atoms with van der Waals surface area (Å²) in [7, 11) is 3.87. The van der Waals surface area contributed by atoms with E-state index >= 15 is 0 Å². The molecule has 4 rings (SSSR count). The van der Waals surface area contributed by atoms with E-state index in [9.17, 15) is 18.0 Å². The molecule has 0 saturated carbocycles. The summed E-state index contributed by atoms with van der Waals surface area (Å²) in [5.41, 5.74) is -0.678. The maximum atomic E-state index is 13.2. The zero-order chi connectivity index (χ0) is 25.7. The molecule has 2 N–H and O–H groups in total. The van der Waals surface area contributed by atoms with E-state index in [1.165, 1.54) is 18.2 Å². The zero-order valence-corrected chi connectivity index (χ0v) is 20.6. The first-order valence-corrected chi connectivity index (χ1v) is 12.0. The summed E-state index contributed by atoms with van der Waals surface area (Å²) in [6.45, 7) is 6.00. The van der Waals surface area contributed by atoms with Gasteiger partial charge in [0.2, 0.25) is 23.8 Å². The van der Waals surface area contributed by atoms with Crippen LogP contribution < -0.4 is 20.4 Å². The molecular weight excluding hydrogens is 475 g/mol. The van der Waals surface area contributed by atoms with Crippen molar-refractivity contribution in [3.05, 3.63) is 35.4 Å². The highest BCUT2D eigenvalue weighted by atomic mass is 19.4. The maximum absolute atomic E-state index is 13.2. The van der Waals surface area contributed by atoms with E-state index in [2.05, 4.69) is 42.3 Å². The maximum Gasteiger partial charge on any atom is 0.416 e. The van der Waals surface area contributed by atoms with Crippen molar-refractivity contribution in [3.63, 3.8) is 0 Å². The minimum atomic E-state index is -4.45. The fourth-order valence-corrected chi connectivity index (χ4v) is 4.26. The monoisotopic (exact) mass is 507 g/mol. The minimum absolute atomic E-state index is 0.0505. The molecule has 2 fully saturated rings. The van der Waals surface area contributed by atoms with Crippen molar-refractivity contribution in [1.82, 2.24) is 30.1 Å². The number of piperazine rings is 2. The lowest BCUT2D eigenvalue weighted by Crippen LogP contribution is -2.50. The number of aromatic nitrogens is 3. The Morgan fingerprint density at radius 2 is 1.50 bits per heavy atom. The standard InChI is InChI=1S/C23H32F3N9O/c1-27-20-29-21(34-11-7-32(2)8-12-34)31-22(30-20)35-13-9-33(10-14-35)16-19(36)28-15-17-5-3-4-6-18(17)23(24,25)26/h3-6H,7-16H2,1-2H3,(H,28,36)(H,27,29,30,31). The highest BCUT2D eigenvalue weighted by Gasteiger charge is 2.33. The first-order chi connectivity index (χ1) is 17.2. The second-order valence-electron chi connectivity index (χ2n) is 8.99. The SMILES string of the molecule is CNc1nc(N2CCN(C)CC2)nc(N2CCN(CC(=O)NCc3ccccc3C(F)(F)F)CC2)n1. The highest BCUT2D eigenvalue weighted by Crippen LogP contribution is 2.31. The van der Waals surface area contributed by atoms with Crippen LogP contribution in [-0.4, -0.2) is 104 Å². The van der Waals surface area contributed by atoms with E-state index in [1.54, 1.807) is 7.05 Å². The number of likely N-dealkylation sites (N-methyl/N-ethyl adjacent to an activating group) is 1. The summed E-state index contributed by atoms with van der Waals surface area (Å²) in [6.07, 6.45) is -4.45. The van der Waals surface area contributed by atoms with Gasteiger partial charge in [0.15, 0.2) is 0 Å². The van der Waals surface area contributed by atoms with Gasteiger partial charge in [-0.15, -0.1) is 0 Å². The lowest BCUT2D eigenvalue weighted by atomic mass is 10.1. The van der Waals surface area contributed by atoms with Crippen LogP contribution in [0.15, 0.2) is 24.3 Å². The topological polar surface area (TPSA) is 92.8 Å². The Labute approximate surface area is 208 Å². The van der Waals surface area contributed by atoms with Crippen LogP contribution in [0.2, 0.25) is 0 Å². The minimum Gasteiger partial charge on any atom is -0.357 e. The number of benzene rings is 1. The van der Waals surface area contributed by atoms with Crippen molar-refractivity contribution in [2.75, 3.05) is 88.1 Å². The van der Waals surface area contributed by atoms with Crippen molar-refractivity contribution in [3.8, 4) is 0 Å². The summed E-state index contributed by atoms with van der Waals surface area (Å²) >= 11 is 0. The summed E-state index contributed by atoms with van der Waals surface area (Å²) in [5, 5.41) is 5.63. The lowest BCUT2D eigenvalue weighted by molar-refractivity contribution is -0.138. The van der Waals surface area contributed by atoms with E-state index in [-0.39, 0.29) is 24.6 Å². The van der Waals surface area contributed by atoms with Gasteiger partial charge >= 0.3 is 6.18 Å². The van der Waals surface area contributed by atoms with Crippen molar-refractivity contribution in [2.24, 2.45) is 0 Å². The number of rotatable bonds is 7. The van der Waals surface area contributed by atoms with E-state index in [0.29, 0.717) is 44.0 Å². The van der Waals surface area contributed by atoms with Gasteiger partial charge in [0.1, 0.15) is 0 Å². The van der Waals surface area contributed by atoms with Crippen LogP contribution in [0.3, 0.4) is 0 Å². The van der Waals surface area contributed by atoms with Crippen LogP contribution >= 0.6 is 0 Å². The molecule has 2 aliphatic heterocycles. The number of hydrogen-bond acceptors (Lipinski definition) is 9. The third-order valence-corrected chi connectivity index (χ3v) is 6.44. The molecule has 196 valence electrons. The molecule has 0 atom stereocenters. The van der Waals surface area contributed by atoms with Crippen molar-refractivity contribution in [2.45, 2.75) is 12.7 Å². The molecule has 10 nitrogen and oxygen atoms in total. The van der Waals surface area contributed by atoms with Gasteiger partial charge < -0.3 is 25.3 Å². The number of nitrogens with zero attached hydrogens (tertiary/aromatic N) is 7. The number of amides is 1. The Balaban J connectivity index is 1.30. The third-order valence-electron chi connectivity index (χ3n) is 6.44. The van der Waals surface area contributed by atoms with Gasteiger partial charge in [-0.3, -0.25) is 9.69 Å². The number of anilines is 3. The molecule has 1 aromatic carbocycles. The second-order valence-corrected chi connectivity index (χ2v) is 8.99. The van der Waals surface area contributed by atoms with E-state index in [4.69, 9.17) is 4.98 Å². The van der Waals surface area contributed by atoms with E-state index in [1.807, 2.05) is 4.90 Å². The molecule has 0 aliphatic carbocycles.